The summed E-state index contributed by atoms with van der Waals surface area (Å²) < 4.78 is 14.2. The number of hydrogen-bond acceptors (Lipinski definition) is 2. The molecule has 1 amide bonds. The van der Waals surface area contributed by atoms with Gasteiger partial charge in [0.1, 0.15) is 5.82 Å². The third-order valence-electron chi connectivity index (χ3n) is 3.70. The van der Waals surface area contributed by atoms with Crippen LogP contribution in [0.4, 0.5) is 4.39 Å². The number of rotatable bonds is 6. The monoisotopic (exact) mass is 420 g/mol. The van der Waals surface area contributed by atoms with E-state index in [0.717, 1.165) is 10.0 Å². The quantitative estimate of drug-likeness (QED) is 0.382. The first kappa shape index (κ1) is 19.9. The molecule has 0 aliphatic heterocycles. The highest BCUT2D eigenvalue weighted by Crippen LogP contribution is 2.11. The van der Waals surface area contributed by atoms with Gasteiger partial charge in [-0.1, -0.05) is 34.1 Å². The first-order chi connectivity index (χ1) is 12.5. The lowest BCUT2D eigenvalue weighted by molar-refractivity contribution is 0.0954. The molecule has 5 nitrogen and oxygen atoms in total. The highest BCUT2D eigenvalue weighted by molar-refractivity contribution is 9.10. The Morgan fingerprint density at radius 2 is 1.88 bits per heavy atom. The molecule has 26 heavy (non-hydrogen) atoms. The zero-order valence-electron chi connectivity index (χ0n) is 14.8. The number of guanidine groups is 1. The lowest BCUT2D eigenvalue weighted by atomic mass is 10.1. The normalized spacial score (nSPS) is 11.2. The summed E-state index contributed by atoms with van der Waals surface area (Å²) in [5, 5.41) is 9.13. The fourth-order valence-corrected chi connectivity index (χ4v) is 2.71. The Balaban J connectivity index is 1.73. The van der Waals surface area contributed by atoms with Gasteiger partial charge in [-0.3, -0.25) is 9.79 Å². The van der Waals surface area contributed by atoms with Crippen molar-refractivity contribution in [2.24, 2.45) is 4.99 Å². The minimum atomic E-state index is -0.211. The van der Waals surface area contributed by atoms with Crippen LogP contribution in [0.5, 0.6) is 0 Å². The third kappa shape index (κ3) is 6.15. The zero-order valence-corrected chi connectivity index (χ0v) is 16.4. The van der Waals surface area contributed by atoms with Crippen molar-refractivity contribution in [3.8, 4) is 0 Å². The van der Waals surface area contributed by atoms with Crippen LogP contribution in [-0.2, 0) is 6.54 Å². The first-order valence-electron chi connectivity index (χ1n) is 8.23. The first-order valence-corrected chi connectivity index (χ1v) is 9.02. The molecule has 2 aromatic rings. The van der Waals surface area contributed by atoms with Crippen LogP contribution in [0.25, 0.3) is 0 Å². The highest BCUT2D eigenvalue weighted by atomic mass is 79.9. The van der Waals surface area contributed by atoms with E-state index in [9.17, 15) is 9.18 Å². The average molecular weight is 421 g/mol. The molecule has 0 radical (unpaired) electrons. The Morgan fingerprint density at radius 1 is 1.12 bits per heavy atom. The standard InChI is InChI=1S/C19H22BrFN4O/c1-13-10-14(6-7-17(13)21)12-25-19(22-2)24-9-8-23-18(26)15-4-3-5-16(20)11-15/h3-7,10-11H,8-9,12H2,1-2H3,(H,23,26)(H2,22,24,25). The van der Waals surface area contributed by atoms with E-state index in [1.807, 2.05) is 12.1 Å². The van der Waals surface area contributed by atoms with Crippen molar-refractivity contribution in [2.75, 3.05) is 20.1 Å². The van der Waals surface area contributed by atoms with E-state index in [1.54, 1.807) is 38.2 Å². The second-order valence-corrected chi connectivity index (χ2v) is 6.62. The summed E-state index contributed by atoms with van der Waals surface area (Å²) in [4.78, 5) is 16.2. The predicted octanol–water partition coefficient (Wildman–Crippen LogP) is 2.99. The molecule has 2 rings (SSSR count). The fourth-order valence-electron chi connectivity index (χ4n) is 2.31. The molecule has 0 atom stereocenters. The summed E-state index contributed by atoms with van der Waals surface area (Å²) in [7, 11) is 1.67. The van der Waals surface area contributed by atoms with Crippen LogP contribution in [0.2, 0.25) is 0 Å². The van der Waals surface area contributed by atoms with Gasteiger partial charge in [0, 0.05) is 36.7 Å². The van der Waals surface area contributed by atoms with Crippen LogP contribution in [0, 0.1) is 12.7 Å². The van der Waals surface area contributed by atoms with E-state index in [0.29, 0.717) is 36.7 Å². The molecule has 7 heteroatoms. The van der Waals surface area contributed by atoms with Gasteiger partial charge < -0.3 is 16.0 Å². The van der Waals surface area contributed by atoms with Crippen LogP contribution in [0.1, 0.15) is 21.5 Å². The smallest absolute Gasteiger partial charge is 0.251 e. The second kappa shape index (κ2) is 9.91. The second-order valence-electron chi connectivity index (χ2n) is 5.70. The number of halogens is 2. The molecule has 0 aliphatic rings. The molecule has 0 saturated heterocycles. The molecule has 0 aliphatic carbocycles. The van der Waals surface area contributed by atoms with Gasteiger partial charge in [-0.15, -0.1) is 0 Å². The fraction of sp³-hybridized carbons (Fsp3) is 0.263. The number of amides is 1. The van der Waals surface area contributed by atoms with Gasteiger partial charge in [0.25, 0.3) is 5.91 Å². The number of nitrogens with zero attached hydrogens (tertiary/aromatic N) is 1. The summed E-state index contributed by atoms with van der Waals surface area (Å²) >= 11 is 3.35. The number of carbonyl (C=O) groups is 1. The van der Waals surface area contributed by atoms with Gasteiger partial charge in [-0.25, -0.2) is 4.39 Å². The van der Waals surface area contributed by atoms with Gasteiger partial charge in [0.05, 0.1) is 0 Å². The Hall–Kier alpha value is -2.41. The number of aliphatic imine (C=N–C) groups is 1. The Morgan fingerprint density at radius 3 is 2.58 bits per heavy atom. The maximum absolute atomic E-state index is 13.3. The largest absolute Gasteiger partial charge is 0.355 e. The van der Waals surface area contributed by atoms with Crippen molar-refractivity contribution in [2.45, 2.75) is 13.5 Å². The van der Waals surface area contributed by atoms with E-state index >= 15 is 0 Å². The molecule has 0 aromatic heterocycles. The minimum Gasteiger partial charge on any atom is -0.355 e. The van der Waals surface area contributed by atoms with Crippen LogP contribution in [0.15, 0.2) is 51.9 Å². The van der Waals surface area contributed by atoms with Gasteiger partial charge in [0.2, 0.25) is 0 Å². The summed E-state index contributed by atoms with van der Waals surface area (Å²) in [5.41, 5.74) is 2.19. The maximum atomic E-state index is 13.3. The van der Waals surface area contributed by atoms with Gasteiger partial charge in [-0.05, 0) is 42.3 Å². The Bertz CT molecular complexity index is 795. The lowest BCUT2D eigenvalue weighted by Crippen LogP contribution is -2.41. The molecule has 0 saturated carbocycles. The maximum Gasteiger partial charge on any atom is 0.251 e. The molecule has 2 aromatic carbocycles. The number of aryl methyl sites for hydroxylation is 1. The van der Waals surface area contributed by atoms with E-state index < -0.39 is 0 Å². The molecular formula is C19H22BrFN4O. The number of nitrogens with one attached hydrogen (secondary N) is 3. The molecular weight excluding hydrogens is 399 g/mol. The third-order valence-corrected chi connectivity index (χ3v) is 4.19. The summed E-state index contributed by atoms with van der Waals surface area (Å²) in [6.45, 7) is 3.26. The highest BCUT2D eigenvalue weighted by Gasteiger charge is 2.05. The molecule has 0 heterocycles. The van der Waals surface area contributed by atoms with Gasteiger partial charge in [0.15, 0.2) is 5.96 Å². The molecule has 3 N–H and O–H groups in total. The summed E-state index contributed by atoms with van der Waals surface area (Å²) in [6.07, 6.45) is 0. The van der Waals surface area contributed by atoms with Gasteiger partial charge >= 0.3 is 0 Å². The van der Waals surface area contributed by atoms with Crippen LogP contribution in [-0.4, -0.2) is 32.0 Å². The number of carbonyl (C=O) groups excluding carboxylic acids is 1. The molecule has 138 valence electrons. The molecule has 0 fully saturated rings. The van der Waals surface area contributed by atoms with Crippen molar-refractivity contribution in [3.63, 3.8) is 0 Å². The average Bonchev–Trinajstić information content (AvgIpc) is 2.63. The van der Waals surface area contributed by atoms with E-state index in [-0.39, 0.29) is 11.7 Å². The topological polar surface area (TPSA) is 65.5 Å². The van der Waals surface area contributed by atoms with Crippen molar-refractivity contribution >= 4 is 27.8 Å². The zero-order chi connectivity index (χ0) is 18.9. The van der Waals surface area contributed by atoms with Crippen molar-refractivity contribution in [3.05, 3.63) is 69.4 Å². The van der Waals surface area contributed by atoms with Crippen LogP contribution in [0.3, 0.4) is 0 Å². The molecule has 0 spiro atoms. The van der Waals surface area contributed by atoms with Crippen molar-refractivity contribution < 1.29 is 9.18 Å². The molecule has 0 bridgehead atoms. The van der Waals surface area contributed by atoms with E-state index in [2.05, 4.69) is 36.9 Å². The Labute approximate surface area is 161 Å². The Kier molecular flexibility index (Phi) is 7.59. The lowest BCUT2D eigenvalue weighted by Gasteiger charge is -2.13. The van der Waals surface area contributed by atoms with Crippen LogP contribution >= 0.6 is 15.9 Å². The minimum absolute atomic E-state index is 0.127. The number of benzene rings is 2. The summed E-state index contributed by atoms with van der Waals surface area (Å²) in [5.74, 6) is 0.277. The number of hydrogen-bond donors (Lipinski definition) is 3. The molecule has 0 unspecified atom stereocenters. The van der Waals surface area contributed by atoms with Crippen molar-refractivity contribution in [1.82, 2.24) is 16.0 Å². The van der Waals surface area contributed by atoms with Gasteiger partial charge in [-0.2, -0.15) is 0 Å². The van der Waals surface area contributed by atoms with Crippen LogP contribution < -0.4 is 16.0 Å². The van der Waals surface area contributed by atoms with Crippen molar-refractivity contribution in [1.29, 1.82) is 0 Å². The van der Waals surface area contributed by atoms with E-state index in [1.165, 1.54) is 6.07 Å². The summed E-state index contributed by atoms with van der Waals surface area (Å²) in [6, 6.07) is 12.2. The van der Waals surface area contributed by atoms with E-state index in [4.69, 9.17) is 0 Å². The SMILES string of the molecule is CN=C(NCCNC(=O)c1cccc(Br)c1)NCc1ccc(F)c(C)c1. The predicted molar refractivity (Wildman–Crippen MR) is 106 cm³/mol.